The fourth-order valence-electron chi connectivity index (χ4n) is 1.83. The summed E-state index contributed by atoms with van der Waals surface area (Å²) in [7, 11) is 0. The molecule has 7 nitrogen and oxygen atoms in total. The Morgan fingerprint density at radius 2 is 1.96 bits per heavy atom. The summed E-state index contributed by atoms with van der Waals surface area (Å²) in [6.45, 7) is 5.30. The molecule has 0 aliphatic carbocycles. The summed E-state index contributed by atoms with van der Waals surface area (Å²) >= 11 is 8.36. The highest BCUT2D eigenvalue weighted by Crippen LogP contribution is 2.23. The Kier molecular flexibility index (Phi) is 10.8. The zero-order valence-corrected chi connectivity index (χ0v) is 17.3. The van der Waals surface area contributed by atoms with Gasteiger partial charge in [-0.1, -0.05) is 29.3 Å². The summed E-state index contributed by atoms with van der Waals surface area (Å²) in [5, 5.41) is 2.50. The summed E-state index contributed by atoms with van der Waals surface area (Å²) < 4.78 is 11.5. The second kappa shape index (κ2) is 12.6. The Balaban J connectivity index is 2.56. The lowest BCUT2D eigenvalue weighted by molar-refractivity contribution is -0.122. The van der Waals surface area contributed by atoms with Crippen LogP contribution in [0, 0.1) is 0 Å². The van der Waals surface area contributed by atoms with Crippen LogP contribution >= 0.6 is 28.1 Å². The van der Waals surface area contributed by atoms with Crippen molar-refractivity contribution in [1.29, 1.82) is 0 Å². The Labute approximate surface area is 167 Å². The molecule has 0 aromatic heterocycles. The molecule has 0 spiro atoms. The molecule has 3 N–H and O–H groups in total. The second-order valence-electron chi connectivity index (χ2n) is 5.25. The number of rotatable bonds is 9. The number of unbranched alkanes of at least 4 members (excludes halogenated alkanes) is 1. The van der Waals surface area contributed by atoms with Gasteiger partial charge >= 0.3 is 0 Å². The number of hydrogen-bond acceptors (Lipinski definition) is 5. The van der Waals surface area contributed by atoms with Crippen LogP contribution in [0.25, 0.3) is 0 Å². The number of hydrazine groups is 1. The predicted octanol–water partition coefficient (Wildman–Crippen LogP) is 2.69. The van der Waals surface area contributed by atoms with Crippen LogP contribution in [-0.4, -0.2) is 36.7 Å². The molecule has 144 valence electrons. The van der Waals surface area contributed by atoms with Crippen molar-refractivity contribution in [3.63, 3.8) is 0 Å². The van der Waals surface area contributed by atoms with Gasteiger partial charge in [0, 0.05) is 11.1 Å². The first-order chi connectivity index (χ1) is 12.5. The zero-order chi connectivity index (χ0) is 19.4. The van der Waals surface area contributed by atoms with Crippen molar-refractivity contribution in [1.82, 2.24) is 16.2 Å². The first kappa shape index (κ1) is 22.3. The van der Waals surface area contributed by atoms with Crippen LogP contribution in [0.15, 0.2) is 22.7 Å². The molecular formula is C17H24BrN3O4S. The van der Waals surface area contributed by atoms with Crippen molar-refractivity contribution in [3.05, 3.63) is 28.2 Å². The number of nitrogens with one attached hydrogen (secondary N) is 3. The van der Waals surface area contributed by atoms with E-state index in [1.165, 1.54) is 0 Å². The highest BCUT2D eigenvalue weighted by molar-refractivity contribution is 9.10. The van der Waals surface area contributed by atoms with Gasteiger partial charge in [0.1, 0.15) is 5.75 Å². The number of carbonyl (C=O) groups is 2. The predicted molar refractivity (Wildman–Crippen MR) is 107 cm³/mol. The Bertz CT molecular complexity index is 628. The monoisotopic (exact) mass is 445 g/mol. The maximum Gasteiger partial charge on any atom is 0.261 e. The van der Waals surface area contributed by atoms with E-state index in [1.54, 1.807) is 18.2 Å². The van der Waals surface area contributed by atoms with E-state index >= 15 is 0 Å². The minimum absolute atomic E-state index is 0.0146. The van der Waals surface area contributed by atoms with Crippen LogP contribution < -0.4 is 20.9 Å². The molecule has 0 atom stereocenters. The lowest BCUT2D eigenvalue weighted by atomic mass is 10.2. The standard InChI is InChI=1S/C17H24BrN3O4S/c1-3-5-9-25-14-7-6-12(18)11-13(14)16(23)19-17(26)21-20-15(22)8-10-24-4-2/h6-7,11H,3-5,8-10H2,1-2H3,(H,20,22)(H2,19,21,23,26). The SMILES string of the molecule is CCCCOc1ccc(Br)cc1C(=O)NC(=S)NNC(=O)CCOCC. The van der Waals surface area contributed by atoms with E-state index in [2.05, 4.69) is 39.0 Å². The normalized spacial score (nSPS) is 10.1. The first-order valence-electron chi connectivity index (χ1n) is 8.38. The molecule has 0 aliphatic heterocycles. The van der Waals surface area contributed by atoms with E-state index in [-0.39, 0.29) is 17.4 Å². The largest absolute Gasteiger partial charge is 0.493 e. The van der Waals surface area contributed by atoms with Crippen LogP contribution in [0.1, 0.15) is 43.5 Å². The molecule has 0 saturated heterocycles. The van der Waals surface area contributed by atoms with Gasteiger partial charge in [0.05, 0.1) is 25.2 Å². The topological polar surface area (TPSA) is 88.7 Å². The molecular weight excluding hydrogens is 422 g/mol. The molecule has 2 amide bonds. The summed E-state index contributed by atoms with van der Waals surface area (Å²) in [4.78, 5) is 24.0. The number of halogens is 1. The minimum Gasteiger partial charge on any atom is -0.493 e. The molecule has 1 aromatic carbocycles. The van der Waals surface area contributed by atoms with E-state index < -0.39 is 5.91 Å². The van der Waals surface area contributed by atoms with Gasteiger partial charge in [-0.3, -0.25) is 25.8 Å². The lowest BCUT2D eigenvalue weighted by Gasteiger charge is -2.14. The molecule has 26 heavy (non-hydrogen) atoms. The highest BCUT2D eigenvalue weighted by atomic mass is 79.9. The average Bonchev–Trinajstić information content (AvgIpc) is 2.61. The quantitative estimate of drug-likeness (QED) is 0.307. The van der Waals surface area contributed by atoms with E-state index in [4.69, 9.17) is 21.7 Å². The Morgan fingerprint density at radius 3 is 2.65 bits per heavy atom. The van der Waals surface area contributed by atoms with Crippen molar-refractivity contribution >= 4 is 45.1 Å². The molecule has 0 bridgehead atoms. The van der Waals surface area contributed by atoms with E-state index in [1.807, 2.05) is 6.92 Å². The number of ether oxygens (including phenoxy) is 2. The van der Waals surface area contributed by atoms with Gasteiger partial charge in [-0.2, -0.15) is 0 Å². The minimum atomic E-state index is -0.432. The summed E-state index contributed by atoms with van der Waals surface area (Å²) in [5.41, 5.74) is 5.24. The summed E-state index contributed by atoms with van der Waals surface area (Å²) in [5.74, 6) is -0.248. The van der Waals surface area contributed by atoms with Crippen molar-refractivity contribution in [2.45, 2.75) is 33.1 Å². The van der Waals surface area contributed by atoms with Crippen molar-refractivity contribution in [2.75, 3.05) is 19.8 Å². The molecule has 1 aromatic rings. The number of carbonyl (C=O) groups excluding carboxylic acids is 2. The van der Waals surface area contributed by atoms with Gasteiger partial charge in [0.15, 0.2) is 5.11 Å². The first-order valence-corrected chi connectivity index (χ1v) is 9.58. The maximum atomic E-state index is 12.4. The fraction of sp³-hybridized carbons (Fsp3) is 0.471. The molecule has 0 radical (unpaired) electrons. The fourth-order valence-corrected chi connectivity index (χ4v) is 2.34. The molecule has 0 aliphatic rings. The van der Waals surface area contributed by atoms with E-state index in [0.29, 0.717) is 31.1 Å². The van der Waals surface area contributed by atoms with Crippen LogP contribution in [0.4, 0.5) is 0 Å². The van der Waals surface area contributed by atoms with Crippen LogP contribution in [-0.2, 0) is 9.53 Å². The van der Waals surface area contributed by atoms with Gasteiger partial charge in [-0.15, -0.1) is 0 Å². The number of thiocarbonyl (C=S) groups is 1. The molecule has 0 heterocycles. The van der Waals surface area contributed by atoms with E-state index in [9.17, 15) is 9.59 Å². The van der Waals surface area contributed by atoms with Gasteiger partial charge in [-0.05, 0) is 43.8 Å². The Hall–Kier alpha value is -1.71. The smallest absolute Gasteiger partial charge is 0.261 e. The molecule has 0 fully saturated rings. The zero-order valence-electron chi connectivity index (χ0n) is 14.9. The second-order valence-corrected chi connectivity index (χ2v) is 6.57. The Morgan fingerprint density at radius 1 is 1.19 bits per heavy atom. The number of amides is 2. The van der Waals surface area contributed by atoms with Crippen LogP contribution in [0.2, 0.25) is 0 Å². The van der Waals surface area contributed by atoms with Gasteiger partial charge < -0.3 is 9.47 Å². The third-order valence-corrected chi connectivity index (χ3v) is 3.86. The van der Waals surface area contributed by atoms with E-state index in [0.717, 1.165) is 17.3 Å². The molecule has 0 saturated carbocycles. The number of benzene rings is 1. The average molecular weight is 446 g/mol. The highest BCUT2D eigenvalue weighted by Gasteiger charge is 2.15. The van der Waals surface area contributed by atoms with Gasteiger partial charge in [0.25, 0.3) is 5.91 Å². The summed E-state index contributed by atoms with van der Waals surface area (Å²) in [6.07, 6.45) is 2.08. The van der Waals surface area contributed by atoms with Gasteiger partial charge in [0.2, 0.25) is 5.91 Å². The van der Waals surface area contributed by atoms with Gasteiger partial charge in [-0.25, -0.2) is 0 Å². The van der Waals surface area contributed by atoms with Crippen molar-refractivity contribution in [2.24, 2.45) is 0 Å². The maximum absolute atomic E-state index is 12.4. The molecule has 1 rings (SSSR count). The third-order valence-electron chi connectivity index (χ3n) is 3.16. The van der Waals surface area contributed by atoms with Crippen LogP contribution in [0.5, 0.6) is 5.75 Å². The lowest BCUT2D eigenvalue weighted by Crippen LogP contribution is -2.48. The number of hydrogen-bond donors (Lipinski definition) is 3. The van der Waals surface area contributed by atoms with Crippen molar-refractivity contribution in [3.8, 4) is 5.75 Å². The third kappa shape index (κ3) is 8.59. The molecule has 0 unspecified atom stereocenters. The molecule has 9 heteroatoms. The van der Waals surface area contributed by atoms with Crippen molar-refractivity contribution < 1.29 is 19.1 Å². The van der Waals surface area contributed by atoms with Crippen LogP contribution in [0.3, 0.4) is 0 Å². The summed E-state index contributed by atoms with van der Waals surface area (Å²) in [6, 6.07) is 5.17.